The van der Waals surface area contributed by atoms with Gasteiger partial charge < -0.3 is 14.4 Å². The van der Waals surface area contributed by atoms with Crippen molar-refractivity contribution in [1.29, 1.82) is 0 Å². The van der Waals surface area contributed by atoms with Crippen LogP contribution in [0.1, 0.15) is 31.1 Å². The molecule has 0 spiro atoms. The molecule has 1 unspecified atom stereocenters. The maximum absolute atomic E-state index is 12.2. The Morgan fingerprint density at radius 2 is 2.38 bits per heavy atom. The molecule has 116 valence electrons. The third kappa shape index (κ3) is 3.03. The van der Waals surface area contributed by atoms with Gasteiger partial charge >= 0.3 is 6.03 Å². The van der Waals surface area contributed by atoms with Crippen LogP contribution < -0.4 is 5.32 Å². The van der Waals surface area contributed by atoms with Crippen LogP contribution in [0.4, 0.5) is 10.6 Å². The van der Waals surface area contributed by atoms with Crippen LogP contribution in [0.15, 0.2) is 6.07 Å². The second-order valence-electron chi connectivity index (χ2n) is 5.60. The molecule has 21 heavy (non-hydrogen) atoms. The molecule has 2 amide bonds. The van der Waals surface area contributed by atoms with Gasteiger partial charge in [-0.05, 0) is 19.3 Å². The molecular weight excluding hydrogens is 272 g/mol. The lowest BCUT2D eigenvalue weighted by molar-refractivity contribution is 0.108. The third-order valence-corrected chi connectivity index (χ3v) is 4.16. The lowest BCUT2D eigenvalue weighted by Crippen LogP contribution is -2.34. The number of nitrogens with one attached hydrogen (secondary N) is 1. The number of carbonyl (C=O) groups is 1. The van der Waals surface area contributed by atoms with E-state index < -0.39 is 0 Å². The Morgan fingerprint density at radius 1 is 1.52 bits per heavy atom. The molecule has 1 aromatic heterocycles. The van der Waals surface area contributed by atoms with Crippen LogP contribution >= 0.6 is 0 Å². The minimum atomic E-state index is -0.101. The maximum Gasteiger partial charge on any atom is 0.323 e. The Kier molecular flexibility index (Phi) is 4.12. The summed E-state index contributed by atoms with van der Waals surface area (Å²) in [5, 5.41) is 7.35. The average molecular weight is 294 g/mol. The largest absolute Gasteiger partial charge is 0.380 e. The topological polar surface area (TPSA) is 68.6 Å². The van der Waals surface area contributed by atoms with E-state index in [9.17, 15) is 4.79 Å². The van der Waals surface area contributed by atoms with Crippen molar-refractivity contribution in [2.24, 2.45) is 7.05 Å². The summed E-state index contributed by atoms with van der Waals surface area (Å²) in [4.78, 5) is 14.0. The molecule has 0 saturated carbocycles. The lowest BCUT2D eigenvalue weighted by atomic mass is 10.2. The van der Waals surface area contributed by atoms with Crippen LogP contribution in [0.5, 0.6) is 0 Å². The number of aryl methyl sites for hydroxylation is 1. The number of nitrogens with zero attached hydrogens (tertiary/aromatic N) is 3. The van der Waals surface area contributed by atoms with Gasteiger partial charge in [-0.15, -0.1) is 0 Å². The summed E-state index contributed by atoms with van der Waals surface area (Å²) in [6.07, 6.45) is 3.15. The van der Waals surface area contributed by atoms with Gasteiger partial charge in [0.15, 0.2) is 0 Å². The average Bonchev–Trinajstić information content (AvgIpc) is 3.18. The van der Waals surface area contributed by atoms with Crippen molar-refractivity contribution in [3.8, 4) is 0 Å². The van der Waals surface area contributed by atoms with Gasteiger partial charge in [0, 0.05) is 39.9 Å². The molecule has 7 heteroatoms. The number of ether oxygens (including phenoxy) is 2. The molecule has 7 nitrogen and oxygen atoms in total. The monoisotopic (exact) mass is 294 g/mol. The normalized spacial score (nSPS) is 25.5. The van der Waals surface area contributed by atoms with Crippen LogP contribution in [-0.4, -0.2) is 53.6 Å². The van der Waals surface area contributed by atoms with Crippen LogP contribution in [0.2, 0.25) is 0 Å². The number of likely N-dealkylation sites (tertiary alicyclic amines) is 1. The molecule has 1 N–H and O–H groups in total. The minimum Gasteiger partial charge on any atom is -0.380 e. The van der Waals surface area contributed by atoms with E-state index in [1.54, 1.807) is 16.7 Å². The lowest BCUT2D eigenvalue weighted by Gasteiger charge is -2.16. The van der Waals surface area contributed by atoms with Crippen molar-refractivity contribution < 1.29 is 14.3 Å². The number of rotatable bonds is 3. The van der Waals surface area contributed by atoms with Crippen molar-refractivity contribution in [2.45, 2.75) is 31.5 Å². The third-order valence-electron chi connectivity index (χ3n) is 4.16. The quantitative estimate of drug-likeness (QED) is 0.918. The molecule has 0 radical (unpaired) electrons. The molecule has 0 aromatic carbocycles. The first-order chi connectivity index (χ1) is 10.2. The van der Waals surface area contributed by atoms with Crippen molar-refractivity contribution in [2.75, 3.05) is 32.1 Å². The van der Waals surface area contributed by atoms with E-state index in [4.69, 9.17) is 9.47 Å². The number of methoxy groups -OCH3 is 1. The summed E-state index contributed by atoms with van der Waals surface area (Å²) in [7, 11) is 3.51. The zero-order valence-corrected chi connectivity index (χ0v) is 12.5. The molecule has 2 saturated heterocycles. The Morgan fingerprint density at radius 3 is 3.05 bits per heavy atom. The molecule has 1 aromatic rings. The zero-order chi connectivity index (χ0) is 14.8. The smallest absolute Gasteiger partial charge is 0.323 e. The highest BCUT2D eigenvalue weighted by atomic mass is 16.5. The molecule has 2 atom stereocenters. The van der Waals surface area contributed by atoms with Gasteiger partial charge in [0.1, 0.15) is 11.9 Å². The van der Waals surface area contributed by atoms with Crippen LogP contribution in [-0.2, 0) is 16.5 Å². The van der Waals surface area contributed by atoms with Crippen molar-refractivity contribution in [3.63, 3.8) is 0 Å². The molecule has 3 heterocycles. The van der Waals surface area contributed by atoms with Crippen LogP contribution in [0.25, 0.3) is 0 Å². The summed E-state index contributed by atoms with van der Waals surface area (Å²) < 4.78 is 12.6. The second-order valence-corrected chi connectivity index (χ2v) is 5.60. The summed E-state index contributed by atoms with van der Waals surface area (Å²) in [6.45, 7) is 2.15. The highest BCUT2D eigenvalue weighted by Crippen LogP contribution is 2.29. The molecule has 0 bridgehead atoms. The number of aromatic nitrogens is 2. The van der Waals surface area contributed by atoms with Gasteiger partial charge in [0.2, 0.25) is 0 Å². The standard InChI is InChI=1S/C14H22N4O3/c1-17-13(8-11(16-17)12-4-3-7-21-12)15-14(19)18-6-5-10(9-18)20-2/h8,10,12H,3-7,9H2,1-2H3,(H,15,19)/t10-,12?/m0/s1. The predicted molar refractivity (Wildman–Crippen MR) is 77.1 cm³/mol. The summed E-state index contributed by atoms with van der Waals surface area (Å²) >= 11 is 0. The zero-order valence-electron chi connectivity index (χ0n) is 12.5. The van der Waals surface area contributed by atoms with E-state index >= 15 is 0 Å². The summed E-state index contributed by atoms with van der Waals surface area (Å²) in [5.41, 5.74) is 0.890. The van der Waals surface area contributed by atoms with Crippen molar-refractivity contribution in [1.82, 2.24) is 14.7 Å². The fourth-order valence-electron chi connectivity index (χ4n) is 2.87. The number of amides is 2. The molecule has 2 aliphatic rings. The Balaban J connectivity index is 1.63. The van der Waals surface area contributed by atoms with Gasteiger partial charge in [-0.25, -0.2) is 4.79 Å². The summed E-state index contributed by atoms with van der Waals surface area (Å²) in [5.74, 6) is 0.700. The van der Waals surface area contributed by atoms with Gasteiger partial charge in [0.25, 0.3) is 0 Å². The van der Waals surface area contributed by atoms with E-state index in [0.29, 0.717) is 12.4 Å². The van der Waals surface area contributed by atoms with Gasteiger partial charge in [-0.1, -0.05) is 0 Å². The predicted octanol–water partition coefficient (Wildman–Crippen LogP) is 1.52. The van der Waals surface area contributed by atoms with Gasteiger partial charge in [-0.2, -0.15) is 5.10 Å². The van der Waals surface area contributed by atoms with E-state index in [2.05, 4.69) is 10.4 Å². The highest BCUT2D eigenvalue weighted by molar-refractivity contribution is 5.88. The number of hydrogen-bond acceptors (Lipinski definition) is 4. The maximum atomic E-state index is 12.2. The fraction of sp³-hybridized carbons (Fsp3) is 0.714. The molecule has 0 aliphatic carbocycles. The molecule has 3 rings (SSSR count). The highest BCUT2D eigenvalue weighted by Gasteiger charge is 2.27. The number of urea groups is 1. The first-order valence-electron chi connectivity index (χ1n) is 7.41. The molecule has 2 fully saturated rings. The number of hydrogen-bond donors (Lipinski definition) is 1. The Labute approximate surface area is 124 Å². The fourth-order valence-corrected chi connectivity index (χ4v) is 2.87. The molecule has 2 aliphatic heterocycles. The van der Waals surface area contributed by atoms with E-state index in [-0.39, 0.29) is 18.2 Å². The first kappa shape index (κ1) is 14.3. The second kappa shape index (κ2) is 6.03. The van der Waals surface area contributed by atoms with E-state index in [0.717, 1.165) is 38.1 Å². The van der Waals surface area contributed by atoms with Crippen molar-refractivity contribution in [3.05, 3.63) is 11.8 Å². The van der Waals surface area contributed by atoms with Gasteiger partial charge in [-0.3, -0.25) is 10.00 Å². The van der Waals surface area contributed by atoms with Crippen LogP contribution in [0.3, 0.4) is 0 Å². The number of anilines is 1. The van der Waals surface area contributed by atoms with Crippen LogP contribution in [0, 0.1) is 0 Å². The molecular formula is C14H22N4O3. The van der Waals surface area contributed by atoms with Gasteiger partial charge in [0.05, 0.1) is 11.8 Å². The number of carbonyl (C=O) groups excluding carboxylic acids is 1. The van der Waals surface area contributed by atoms with E-state index in [1.807, 2.05) is 13.1 Å². The Bertz CT molecular complexity index is 510. The van der Waals surface area contributed by atoms with Crippen molar-refractivity contribution >= 4 is 11.8 Å². The minimum absolute atomic E-state index is 0.0616. The Hall–Kier alpha value is -1.60. The summed E-state index contributed by atoms with van der Waals surface area (Å²) in [6, 6.07) is 1.80. The first-order valence-corrected chi connectivity index (χ1v) is 7.41. The van der Waals surface area contributed by atoms with E-state index in [1.165, 1.54) is 0 Å². The SMILES string of the molecule is CO[C@H]1CCN(C(=O)Nc2cc(C3CCCO3)nn2C)C1.